The van der Waals surface area contributed by atoms with Crippen LogP contribution in [0.15, 0.2) is 48.8 Å². The third kappa shape index (κ3) is 4.22. The molecule has 0 aliphatic carbocycles. The molecule has 0 saturated heterocycles. The standard InChI is InChI=1S/C20H20N4O4/c1-13(18(26)22-12-14-5-4-9-21-11-14)23-17(25)8-10-24-19(27)15-6-2-3-7-16(15)20(24)28/h2-7,9,11,13H,8,10,12H2,1H3,(H,22,26)(H,23,25)/t13-/m1/s1. The first-order valence-corrected chi connectivity index (χ1v) is 8.88. The van der Waals surface area contributed by atoms with E-state index < -0.39 is 23.8 Å². The van der Waals surface area contributed by atoms with E-state index >= 15 is 0 Å². The summed E-state index contributed by atoms with van der Waals surface area (Å²) in [5.41, 5.74) is 1.53. The highest BCUT2D eigenvalue weighted by molar-refractivity contribution is 6.21. The molecule has 144 valence electrons. The number of rotatable bonds is 7. The molecule has 0 fully saturated rings. The molecular formula is C20H20N4O4. The van der Waals surface area contributed by atoms with Crippen molar-refractivity contribution in [3.05, 3.63) is 65.5 Å². The zero-order valence-electron chi connectivity index (χ0n) is 15.3. The van der Waals surface area contributed by atoms with Gasteiger partial charge in [0.25, 0.3) is 11.8 Å². The Balaban J connectivity index is 1.46. The Hall–Kier alpha value is -3.55. The van der Waals surface area contributed by atoms with Gasteiger partial charge in [0, 0.05) is 31.9 Å². The van der Waals surface area contributed by atoms with Crippen molar-refractivity contribution < 1.29 is 19.2 Å². The molecule has 4 amide bonds. The van der Waals surface area contributed by atoms with Crippen molar-refractivity contribution in [2.45, 2.75) is 25.9 Å². The zero-order chi connectivity index (χ0) is 20.1. The van der Waals surface area contributed by atoms with E-state index in [2.05, 4.69) is 15.6 Å². The van der Waals surface area contributed by atoms with Crippen LogP contribution in [-0.2, 0) is 16.1 Å². The summed E-state index contributed by atoms with van der Waals surface area (Å²) in [5, 5.41) is 5.29. The first-order valence-electron chi connectivity index (χ1n) is 8.88. The molecule has 2 N–H and O–H groups in total. The second-order valence-corrected chi connectivity index (χ2v) is 6.43. The maximum absolute atomic E-state index is 12.3. The van der Waals surface area contributed by atoms with Crippen molar-refractivity contribution >= 4 is 23.6 Å². The molecule has 1 atom stereocenters. The lowest BCUT2D eigenvalue weighted by Crippen LogP contribution is -2.45. The van der Waals surface area contributed by atoms with Crippen molar-refractivity contribution in [1.29, 1.82) is 0 Å². The van der Waals surface area contributed by atoms with Gasteiger partial charge in [-0.15, -0.1) is 0 Å². The molecule has 2 aromatic rings. The lowest BCUT2D eigenvalue weighted by molar-refractivity contribution is -0.128. The van der Waals surface area contributed by atoms with Gasteiger partial charge in [0.2, 0.25) is 11.8 Å². The van der Waals surface area contributed by atoms with Crippen LogP contribution in [-0.4, -0.2) is 46.1 Å². The summed E-state index contributed by atoms with van der Waals surface area (Å²) in [7, 11) is 0. The average molecular weight is 380 g/mol. The molecule has 0 saturated carbocycles. The summed E-state index contributed by atoms with van der Waals surface area (Å²) >= 11 is 0. The van der Waals surface area contributed by atoms with E-state index in [-0.39, 0.29) is 18.9 Å². The molecule has 0 bridgehead atoms. The number of fused-ring (bicyclic) bond motifs is 1. The van der Waals surface area contributed by atoms with Crippen molar-refractivity contribution in [2.75, 3.05) is 6.54 Å². The number of amides is 4. The molecule has 1 aromatic carbocycles. The number of nitrogens with zero attached hydrogens (tertiary/aromatic N) is 2. The van der Waals surface area contributed by atoms with Crippen LogP contribution < -0.4 is 10.6 Å². The van der Waals surface area contributed by atoms with Gasteiger partial charge >= 0.3 is 0 Å². The molecule has 0 radical (unpaired) electrons. The minimum Gasteiger partial charge on any atom is -0.350 e. The van der Waals surface area contributed by atoms with E-state index in [9.17, 15) is 19.2 Å². The molecule has 8 nitrogen and oxygen atoms in total. The first-order chi connectivity index (χ1) is 13.5. The van der Waals surface area contributed by atoms with Crippen LogP contribution in [0.5, 0.6) is 0 Å². The smallest absolute Gasteiger partial charge is 0.261 e. The van der Waals surface area contributed by atoms with Gasteiger partial charge in [0.05, 0.1) is 11.1 Å². The number of hydrogen-bond donors (Lipinski definition) is 2. The van der Waals surface area contributed by atoms with E-state index in [4.69, 9.17) is 0 Å². The van der Waals surface area contributed by atoms with Gasteiger partial charge in [0.15, 0.2) is 0 Å². The Morgan fingerprint density at radius 2 is 1.75 bits per heavy atom. The summed E-state index contributed by atoms with van der Waals surface area (Å²) < 4.78 is 0. The van der Waals surface area contributed by atoms with Gasteiger partial charge in [-0.2, -0.15) is 0 Å². The van der Waals surface area contributed by atoms with Crippen LogP contribution in [0, 0.1) is 0 Å². The Kier molecular flexibility index (Phi) is 5.78. The third-order valence-corrected chi connectivity index (χ3v) is 4.40. The first kappa shape index (κ1) is 19.2. The maximum atomic E-state index is 12.3. The van der Waals surface area contributed by atoms with Crippen LogP contribution in [0.1, 0.15) is 39.6 Å². The zero-order valence-corrected chi connectivity index (χ0v) is 15.3. The predicted molar refractivity (Wildman–Crippen MR) is 100 cm³/mol. The number of nitrogens with one attached hydrogen (secondary N) is 2. The Morgan fingerprint density at radius 3 is 2.36 bits per heavy atom. The molecule has 0 spiro atoms. The highest BCUT2D eigenvalue weighted by atomic mass is 16.2. The fourth-order valence-corrected chi connectivity index (χ4v) is 2.88. The fourth-order valence-electron chi connectivity index (χ4n) is 2.88. The number of hydrogen-bond acceptors (Lipinski definition) is 5. The minimum absolute atomic E-state index is 0.0395. The number of carbonyl (C=O) groups is 4. The normalized spacial score (nSPS) is 13.8. The van der Waals surface area contributed by atoms with Crippen LogP contribution in [0.4, 0.5) is 0 Å². The molecule has 28 heavy (non-hydrogen) atoms. The van der Waals surface area contributed by atoms with E-state index in [1.54, 1.807) is 49.6 Å². The Morgan fingerprint density at radius 1 is 1.07 bits per heavy atom. The van der Waals surface area contributed by atoms with Crippen molar-refractivity contribution in [3.8, 4) is 0 Å². The molecule has 1 aromatic heterocycles. The van der Waals surface area contributed by atoms with E-state index in [1.807, 2.05) is 6.07 Å². The van der Waals surface area contributed by atoms with Gasteiger partial charge in [0.1, 0.15) is 6.04 Å². The SMILES string of the molecule is C[C@@H](NC(=O)CCN1C(=O)c2ccccc2C1=O)C(=O)NCc1cccnc1. The number of carbonyl (C=O) groups excluding carboxylic acids is 4. The fraction of sp³-hybridized carbons (Fsp3) is 0.250. The number of pyridine rings is 1. The third-order valence-electron chi connectivity index (χ3n) is 4.40. The Labute approximate surface area is 161 Å². The molecule has 3 rings (SSSR count). The Bertz CT molecular complexity index is 878. The molecular weight excluding hydrogens is 360 g/mol. The van der Waals surface area contributed by atoms with Crippen molar-refractivity contribution in [2.24, 2.45) is 0 Å². The number of benzene rings is 1. The lowest BCUT2D eigenvalue weighted by atomic mass is 10.1. The summed E-state index contributed by atoms with van der Waals surface area (Å²) in [6.07, 6.45) is 3.21. The largest absolute Gasteiger partial charge is 0.350 e. The maximum Gasteiger partial charge on any atom is 0.261 e. The monoisotopic (exact) mass is 380 g/mol. The number of aromatic nitrogens is 1. The predicted octanol–water partition coefficient (Wildman–Crippen LogP) is 0.889. The second-order valence-electron chi connectivity index (χ2n) is 6.43. The highest BCUT2D eigenvalue weighted by Gasteiger charge is 2.35. The molecule has 0 unspecified atom stereocenters. The van der Waals surface area contributed by atoms with Gasteiger partial charge in [-0.1, -0.05) is 18.2 Å². The van der Waals surface area contributed by atoms with Crippen LogP contribution in [0.25, 0.3) is 0 Å². The second kappa shape index (κ2) is 8.43. The van der Waals surface area contributed by atoms with E-state index in [1.165, 1.54) is 0 Å². The van der Waals surface area contributed by atoms with Gasteiger partial charge in [-0.25, -0.2) is 0 Å². The molecule has 1 aliphatic rings. The quantitative estimate of drug-likeness (QED) is 0.694. The van der Waals surface area contributed by atoms with Crippen LogP contribution in [0.3, 0.4) is 0 Å². The topological polar surface area (TPSA) is 108 Å². The van der Waals surface area contributed by atoms with Gasteiger partial charge < -0.3 is 10.6 Å². The van der Waals surface area contributed by atoms with Gasteiger partial charge in [-0.05, 0) is 30.7 Å². The van der Waals surface area contributed by atoms with Crippen LogP contribution in [0.2, 0.25) is 0 Å². The summed E-state index contributed by atoms with van der Waals surface area (Å²) in [6, 6.07) is 9.41. The van der Waals surface area contributed by atoms with Gasteiger partial charge in [-0.3, -0.25) is 29.1 Å². The van der Waals surface area contributed by atoms with Crippen molar-refractivity contribution in [3.63, 3.8) is 0 Å². The molecule has 2 heterocycles. The molecule has 1 aliphatic heterocycles. The summed E-state index contributed by atoms with van der Waals surface area (Å²) in [5.74, 6) is -1.56. The molecule has 8 heteroatoms. The van der Waals surface area contributed by atoms with Crippen molar-refractivity contribution in [1.82, 2.24) is 20.5 Å². The lowest BCUT2D eigenvalue weighted by Gasteiger charge is -2.16. The highest BCUT2D eigenvalue weighted by Crippen LogP contribution is 2.22. The summed E-state index contributed by atoms with van der Waals surface area (Å²) in [6.45, 7) is 1.84. The minimum atomic E-state index is -0.744. The van der Waals surface area contributed by atoms with E-state index in [0.29, 0.717) is 17.7 Å². The number of imide groups is 1. The summed E-state index contributed by atoms with van der Waals surface area (Å²) in [4.78, 5) is 53.8. The van der Waals surface area contributed by atoms with E-state index in [0.717, 1.165) is 10.5 Å². The van der Waals surface area contributed by atoms with Crippen LogP contribution >= 0.6 is 0 Å². The average Bonchev–Trinajstić information content (AvgIpc) is 2.95.